The summed E-state index contributed by atoms with van der Waals surface area (Å²) in [7, 11) is 0. The molecule has 0 heterocycles. The van der Waals surface area contributed by atoms with Gasteiger partial charge in [-0.2, -0.15) is 0 Å². The van der Waals surface area contributed by atoms with Crippen molar-refractivity contribution in [1.82, 2.24) is 9.80 Å². The minimum absolute atomic E-state index is 0.0999. The van der Waals surface area contributed by atoms with Crippen molar-refractivity contribution in [2.45, 2.75) is 341 Å². The molecule has 0 aliphatic rings. The van der Waals surface area contributed by atoms with Gasteiger partial charge in [0.2, 0.25) is 0 Å². The van der Waals surface area contributed by atoms with Crippen molar-refractivity contribution >= 4 is 11.9 Å². The highest BCUT2D eigenvalue weighted by Crippen LogP contribution is 2.20. The number of nitrogens with zero attached hydrogens (tertiary/aromatic N) is 2. The molecule has 0 aliphatic carbocycles. The van der Waals surface area contributed by atoms with Crippen LogP contribution in [0.4, 0.5) is 0 Å². The Hall–Kier alpha value is -2.08. The highest BCUT2D eigenvalue weighted by atomic mass is 16.6. The fourth-order valence-electron chi connectivity index (χ4n) is 11.0. The molecule has 458 valence electrons. The Balaban J connectivity index is 2.90. The fraction of sp³-hybridized carbons (Fsp3) is 0.882. The van der Waals surface area contributed by atoms with Gasteiger partial charge in [0.25, 0.3) is 0 Å². The third kappa shape index (κ3) is 45.5. The highest BCUT2D eigenvalue weighted by Gasteiger charge is 2.28. The standard InChI is InChI=1S/C68H128N2O8/c1-6-10-14-18-22-26-30-37-48-62(71)55-69(56-63(72)49-38-31-27-23-19-15-11-7-2)53-43-41-45-60(5)67(75)78-66(68(76)77-59-61-46-35-34-36-47-61)52-42-44-54-70(57-64(73)50-39-32-28-24-20-16-12-8-3)58-65(74)51-40-33-29-25-21-17-13-9-4/h34-36,46-47,60,62-66,71-74H,6-33,37-45,48-59H2,1-5H3/t60?,62-,63-,64-,65-,66?/m1/s1. The zero-order chi connectivity index (χ0) is 56.9. The lowest BCUT2D eigenvalue weighted by Crippen LogP contribution is -2.39. The van der Waals surface area contributed by atoms with Crippen LogP contribution in [0, 0.1) is 5.92 Å². The molecule has 1 aromatic rings. The van der Waals surface area contributed by atoms with Gasteiger partial charge in [-0.15, -0.1) is 0 Å². The van der Waals surface area contributed by atoms with Gasteiger partial charge in [0.1, 0.15) is 6.61 Å². The van der Waals surface area contributed by atoms with Crippen molar-refractivity contribution < 1.29 is 39.5 Å². The molecule has 0 saturated carbocycles. The lowest BCUT2D eigenvalue weighted by Gasteiger charge is -2.28. The van der Waals surface area contributed by atoms with Crippen molar-refractivity contribution in [3.8, 4) is 0 Å². The Morgan fingerprint density at radius 3 is 1.01 bits per heavy atom. The van der Waals surface area contributed by atoms with Gasteiger partial charge in [-0.25, -0.2) is 4.79 Å². The van der Waals surface area contributed by atoms with Crippen molar-refractivity contribution in [3.63, 3.8) is 0 Å². The number of rotatable bonds is 59. The van der Waals surface area contributed by atoms with E-state index in [0.29, 0.717) is 52.0 Å². The molecule has 0 bridgehead atoms. The van der Waals surface area contributed by atoms with Crippen LogP contribution in [-0.4, -0.2) is 112 Å². The van der Waals surface area contributed by atoms with Crippen LogP contribution >= 0.6 is 0 Å². The molecule has 0 spiro atoms. The van der Waals surface area contributed by atoms with Crippen LogP contribution < -0.4 is 0 Å². The number of esters is 2. The normalized spacial score (nSPS) is 14.2. The van der Waals surface area contributed by atoms with Gasteiger partial charge >= 0.3 is 11.9 Å². The third-order valence-corrected chi connectivity index (χ3v) is 16.1. The molecule has 2 unspecified atom stereocenters. The molecule has 0 fully saturated rings. The van der Waals surface area contributed by atoms with Gasteiger partial charge in [0, 0.05) is 26.2 Å². The molecule has 6 atom stereocenters. The van der Waals surface area contributed by atoms with E-state index in [1.165, 1.54) is 154 Å². The summed E-state index contributed by atoms with van der Waals surface area (Å²) in [5, 5.41) is 44.7. The summed E-state index contributed by atoms with van der Waals surface area (Å²) in [4.78, 5) is 31.9. The second-order valence-corrected chi connectivity index (χ2v) is 24.1. The minimum atomic E-state index is -1.03. The molecule has 1 rings (SSSR count). The van der Waals surface area contributed by atoms with E-state index in [1.54, 1.807) is 0 Å². The second kappa shape index (κ2) is 54.2. The minimum Gasteiger partial charge on any atom is -0.458 e. The first-order valence-corrected chi connectivity index (χ1v) is 33.6. The molecular weight excluding hydrogens is 973 g/mol. The molecular formula is C68H128N2O8. The quantitative estimate of drug-likeness (QED) is 0.0368. The smallest absolute Gasteiger partial charge is 0.347 e. The maximum atomic E-state index is 13.8. The van der Waals surface area contributed by atoms with Gasteiger partial charge in [0.15, 0.2) is 6.10 Å². The molecule has 0 saturated heterocycles. The second-order valence-electron chi connectivity index (χ2n) is 24.1. The highest BCUT2D eigenvalue weighted by molar-refractivity contribution is 5.80. The number of benzene rings is 1. The van der Waals surface area contributed by atoms with E-state index in [1.807, 2.05) is 37.3 Å². The van der Waals surface area contributed by atoms with Crippen LogP contribution in [0.25, 0.3) is 0 Å². The summed E-state index contributed by atoms with van der Waals surface area (Å²) >= 11 is 0. The molecule has 0 aliphatic heterocycles. The summed E-state index contributed by atoms with van der Waals surface area (Å²) in [5.41, 5.74) is 0.867. The fourth-order valence-corrected chi connectivity index (χ4v) is 11.0. The van der Waals surface area contributed by atoms with Crippen LogP contribution in [0.15, 0.2) is 30.3 Å². The zero-order valence-corrected chi connectivity index (χ0v) is 51.8. The lowest BCUT2D eigenvalue weighted by molar-refractivity contribution is -0.171. The Kier molecular flexibility index (Phi) is 51.4. The van der Waals surface area contributed by atoms with Gasteiger partial charge < -0.3 is 29.9 Å². The topological polar surface area (TPSA) is 140 Å². The molecule has 4 N–H and O–H groups in total. The van der Waals surface area contributed by atoms with E-state index in [0.717, 1.165) is 108 Å². The van der Waals surface area contributed by atoms with E-state index < -0.39 is 48.4 Å². The van der Waals surface area contributed by atoms with E-state index in [9.17, 15) is 30.0 Å². The van der Waals surface area contributed by atoms with Gasteiger partial charge in [-0.3, -0.25) is 14.6 Å². The summed E-state index contributed by atoms with van der Waals surface area (Å²) < 4.78 is 11.8. The maximum Gasteiger partial charge on any atom is 0.347 e. The largest absolute Gasteiger partial charge is 0.458 e. The van der Waals surface area contributed by atoms with E-state index >= 15 is 0 Å². The summed E-state index contributed by atoms with van der Waals surface area (Å²) in [6.45, 7) is 14.5. The number of carbonyl (C=O) groups excluding carboxylic acids is 2. The average molecular weight is 1100 g/mol. The SMILES string of the molecule is CCCCCCCCCC[C@@H](O)CN(CCCCC(C)C(=O)OC(CCCCN(C[C@H](O)CCCCCCCCCC)C[C@H](O)CCCCCCCCCC)C(=O)OCc1ccccc1)C[C@H](O)CCCCCCCCCC. The van der Waals surface area contributed by atoms with E-state index in [-0.39, 0.29) is 6.61 Å². The summed E-state index contributed by atoms with van der Waals surface area (Å²) in [5.74, 6) is -1.35. The van der Waals surface area contributed by atoms with Gasteiger partial charge in [0.05, 0.1) is 30.3 Å². The van der Waals surface area contributed by atoms with Gasteiger partial charge in [-0.1, -0.05) is 277 Å². The summed E-state index contributed by atoms with van der Waals surface area (Å²) in [6, 6.07) is 9.56. The van der Waals surface area contributed by atoms with Crippen LogP contribution in [-0.2, 0) is 25.7 Å². The molecule has 78 heavy (non-hydrogen) atoms. The first-order valence-electron chi connectivity index (χ1n) is 33.6. The zero-order valence-electron chi connectivity index (χ0n) is 51.8. The van der Waals surface area contributed by atoms with E-state index in [2.05, 4.69) is 37.5 Å². The number of unbranched alkanes of at least 4 members (excludes halogenated alkanes) is 30. The molecule has 10 heteroatoms. The van der Waals surface area contributed by atoms with Crippen molar-refractivity contribution in [2.75, 3.05) is 39.3 Å². The lowest BCUT2D eigenvalue weighted by atomic mass is 10.0. The van der Waals surface area contributed by atoms with Crippen molar-refractivity contribution in [2.24, 2.45) is 5.92 Å². The first kappa shape index (κ1) is 73.9. The number of aliphatic hydroxyl groups excluding tert-OH is 4. The predicted molar refractivity (Wildman–Crippen MR) is 329 cm³/mol. The van der Waals surface area contributed by atoms with Crippen LogP contribution in [0.3, 0.4) is 0 Å². The number of ether oxygens (including phenoxy) is 2. The predicted octanol–water partition coefficient (Wildman–Crippen LogP) is 16.8. The van der Waals surface area contributed by atoms with Crippen LogP contribution in [0.2, 0.25) is 0 Å². The molecule has 10 nitrogen and oxygen atoms in total. The first-order chi connectivity index (χ1) is 38.0. The Labute approximate surface area is 481 Å². The number of carbonyl (C=O) groups is 2. The maximum absolute atomic E-state index is 13.8. The Morgan fingerprint density at radius 1 is 0.385 bits per heavy atom. The molecule has 0 amide bonds. The molecule has 0 radical (unpaired) electrons. The van der Waals surface area contributed by atoms with E-state index in [4.69, 9.17) is 9.47 Å². The molecule has 1 aromatic carbocycles. The molecule has 0 aromatic heterocycles. The van der Waals surface area contributed by atoms with Crippen molar-refractivity contribution in [1.29, 1.82) is 0 Å². The van der Waals surface area contributed by atoms with Gasteiger partial charge in [-0.05, 0) is 76.4 Å². The number of aliphatic hydroxyl groups is 4. The number of hydrogen-bond donors (Lipinski definition) is 4. The third-order valence-electron chi connectivity index (χ3n) is 16.1. The summed E-state index contributed by atoms with van der Waals surface area (Å²) in [6.07, 6.45) is 43.5. The Morgan fingerprint density at radius 2 is 0.679 bits per heavy atom. The van der Waals surface area contributed by atoms with Crippen LogP contribution in [0.1, 0.15) is 310 Å². The monoisotopic (exact) mass is 1100 g/mol. The van der Waals surface area contributed by atoms with Crippen LogP contribution in [0.5, 0.6) is 0 Å². The Bertz CT molecular complexity index is 1380. The average Bonchev–Trinajstić information content (AvgIpc) is 3.42. The number of hydrogen-bond acceptors (Lipinski definition) is 10. The van der Waals surface area contributed by atoms with Crippen molar-refractivity contribution in [3.05, 3.63) is 35.9 Å².